The number of halogens is 2. The molecule has 0 radical (unpaired) electrons. The molecule has 7 nitrogen and oxygen atoms in total. The highest BCUT2D eigenvalue weighted by atomic mass is 19.2. The number of anilines is 1. The van der Waals surface area contributed by atoms with Gasteiger partial charge in [-0.15, -0.1) is 0 Å². The molecule has 0 fully saturated rings. The van der Waals surface area contributed by atoms with Crippen molar-refractivity contribution in [2.24, 2.45) is 0 Å². The number of hydrogen-bond acceptors (Lipinski definition) is 4. The van der Waals surface area contributed by atoms with Gasteiger partial charge < -0.3 is 10.1 Å². The van der Waals surface area contributed by atoms with Crippen LogP contribution >= 0.6 is 0 Å². The standard InChI is InChI=1S/C27H18F2N4O3/c1-2-25(34)31-17-5-3-6-19(15-17)33-22-13-14-30-16-23(22)32(27(33)35)18-9-11-20(12-10-18)36-24-8-4-7-21(28)26(24)29/h2-16H,1H2,(H,31,34). The molecule has 0 atom stereocenters. The molecule has 36 heavy (non-hydrogen) atoms. The van der Waals surface area contributed by atoms with Crippen molar-refractivity contribution >= 4 is 22.6 Å². The number of amides is 1. The molecule has 3 aromatic carbocycles. The van der Waals surface area contributed by atoms with Gasteiger partial charge in [-0.3, -0.25) is 18.9 Å². The van der Waals surface area contributed by atoms with Crippen LogP contribution in [-0.2, 0) is 4.79 Å². The van der Waals surface area contributed by atoms with Crippen LogP contribution in [-0.4, -0.2) is 20.0 Å². The number of fused-ring (bicyclic) bond motifs is 1. The van der Waals surface area contributed by atoms with Gasteiger partial charge >= 0.3 is 5.69 Å². The molecule has 0 saturated heterocycles. The van der Waals surface area contributed by atoms with E-state index in [0.29, 0.717) is 28.1 Å². The number of ether oxygens (including phenoxy) is 1. The lowest BCUT2D eigenvalue weighted by molar-refractivity contribution is -0.111. The Balaban J connectivity index is 1.56. The van der Waals surface area contributed by atoms with Crippen molar-refractivity contribution < 1.29 is 18.3 Å². The maximum absolute atomic E-state index is 14.0. The lowest BCUT2D eigenvalue weighted by Crippen LogP contribution is -2.22. The zero-order valence-corrected chi connectivity index (χ0v) is 18.7. The topological polar surface area (TPSA) is 78.2 Å². The monoisotopic (exact) mass is 484 g/mol. The van der Waals surface area contributed by atoms with Gasteiger partial charge in [0.25, 0.3) is 0 Å². The third-order valence-corrected chi connectivity index (χ3v) is 5.44. The molecule has 1 N–H and O–H groups in total. The third kappa shape index (κ3) is 4.14. The Morgan fingerprint density at radius 3 is 2.47 bits per heavy atom. The van der Waals surface area contributed by atoms with E-state index in [9.17, 15) is 18.4 Å². The number of pyridine rings is 1. The fourth-order valence-corrected chi connectivity index (χ4v) is 3.81. The van der Waals surface area contributed by atoms with Crippen molar-refractivity contribution in [2.45, 2.75) is 0 Å². The summed E-state index contributed by atoms with van der Waals surface area (Å²) in [5, 5.41) is 2.69. The van der Waals surface area contributed by atoms with Crippen LogP contribution in [0.2, 0.25) is 0 Å². The largest absolute Gasteiger partial charge is 0.454 e. The number of nitrogens with one attached hydrogen (secondary N) is 1. The molecule has 0 aliphatic rings. The van der Waals surface area contributed by atoms with Crippen molar-refractivity contribution in [1.82, 2.24) is 14.1 Å². The van der Waals surface area contributed by atoms with Gasteiger partial charge in [0.05, 0.1) is 28.6 Å². The van der Waals surface area contributed by atoms with E-state index in [-0.39, 0.29) is 23.1 Å². The summed E-state index contributed by atoms with van der Waals surface area (Å²) in [5.41, 5.74) is 2.34. The molecule has 0 aliphatic carbocycles. The van der Waals surface area contributed by atoms with Crippen LogP contribution in [0, 0.1) is 11.6 Å². The van der Waals surface area contributed by atoms with E-state index in [2.05, 4.69) is 16.9 Å². The van der Waals surface area contributed by atoms with Crippen LogP contribution in [0.25, 0.3) is 22.4 Å². The molecule has 2 aromatic heterocycles. The smallest absolute Gasteiger partial charge is 0.338 e. The molecule has 178 valence electrons. The number of carbonyl (C=O) groups excluding carboxylic acids is 1. The second-order valence-electron chi connectivity index (χ2n) is 7.71. The van der Waals surface area contributed by atoms with E-state index in [1.807, 2.05) is 0 Å². The van der Waals surface area contributed by atoms with Crippen molar-refractivity contribution in [2.75, 3.05) is 5.32 Å². The van der Waals surface area contributed by atoms with Crippen molar-refractivity contribution in [3.8, 4) is 22.9 Å². The molecule has 2 heterocycles. The average molecular weight is 484 g/mol. The Morgan fingerprint density at radius 2 is 1.69 bits per heavy atom. The Bertz CT molecular complexity index is 1670. The maximum atomic E-state index is 14.0. The van der Waals surface area contributed by atoms with E-state index >= 15 is 0 Å². The maximum Gasteiger partial charge on any atom is 0.338 e. The van der Waals surface area contributed by atoms with E-state index in [1.54, 1.807) is 67.0 Å². The highest BCUT2D eigenvalue weighted by Gasteiger charge is 2.17. The zero-order valence-electron chi connectivity index (χ0n) is 18.7. The third-order valence-electron chi connectivity index (χ3n) is 5.44. The molecule has 0 aliphatic heterocycles. The van der Waals surface area contributed by atoms with E-state index in [1.165, 1.54) is 21.3 Å². The van der Waals surface area contributed by atoms with Crippen LogP contribution in [0.15, 0.2) is 103 Å². The number of rotatable bonds is 6. The summed E-state index contributed by atoms with van der Waals surface area (Å²) >= 11 is 0. The number of nitrogens with zero attached hydrogens (tertiary/aromatic N) is 3. The van der Waals surface area contributed by atoms with Gasteiger partial charge in [-0.2, -0.15) is 4.39 Å². The molecular formula is C27H18F2N4O3. The Kier molecular flexibility index (Phi) is 5.87. The predicted molar refractivity (Wildman–Crippen MR) is 132 cm³/mol. The van der Waals surface area contributed by atoms with Crippen molar-refractivity contribution in [1.29, 1.82) is 0 Å². The number of hydrogen-bond donors (Lipinski definition) is 1. The Hall–Kier alpha value is -5.05. The van der Waals surface area contributed by atoms with Crippen LogP contribution < -0.4 is 15.7 Å². The highest BCUT2D eigenvalue weighted by molar-refractivity contribution is 5.99. The van der Waals surface area contributed by atoms with Gasteiger partial charge in [-0.05, 0) is 66.7 Å². The second kappa shape index (κ2) is 9.30. The highest BCUT2D eigenvalue weighted by Crippen LogP contribution is 2.28. The molecule has 1 amide bonds. The summed E-state index contributed by atoms with van der Waals surface area (Å²) in [6, 6.07) is 18.6. The van der Waals surface area contributed by atoms with E-state index in [4.69, 9.17) is 4.74 Å². The number of benzene rings is 3. The Labute approximate surface area is 203 Å². The van der Waals surface area contributed by atoms with E-state index < -0.39 is 11.6 Å². The van der Waals surface area contributed by atoms with Crippen LogP contribution in [0.3, 0.4) is 0 Å². The van der Waals surface area contributed by atoms with Gasteiger partial charge in [-0.1, -0.05) is 18.7 Å². The summed E-state index contributed by atoms with van der Waals surface area (Å²) in [5.74, 6) is -2.44. The molecule has 0 unspecified atom stereocenters. The van der Waals surface area contributed by atoms with E-state index in [0.717, 1.165) is 12.1 Å². The average Bonchev–Trinajstić information content (AvgIpc) is 3.19. The summed E-state index contributed by atoms with van der Waals surface area (Å²) in [4.78, 5) is 29.5. The first-order valence-corrected chi connectivity index (χ1v) is 10.8. The molecular weight excluding hydrogens is 466 g/mol. The fraction of sp³-hybridized carbons (Fsp3) is 0. The lowest BCUT2D eigenvalue weighted by Gasteiger charge is -2.09. The number of imidazole rings is 1. The van der Waals surface area contributed by atoms with Gasteiger partial charge in [0, 0.05) is 11.9 Å². The van der Waals surface area contributed by atoms with Crippen LogP contribution in [0.5, 0.6) is 11.5 Å². The van der Waals surface area contributed by atoms with Gasteiger partial charge in [0.1, 0.15) is 5.75 Å². The van der Waals surface area contributed by atoms with Gasteiger partial charge in [-0.25, -0.2) is 9.18 Å². The molecule has 9 heteroatoms. The molecule has 5 rings (SSSR count). The first-order chi connectivity index (χ1) is 17.5. The first-order valence-electron chi connectivity index (χ1n) is 10.8. The van der Waals surface area contributed by atoms with Gasteiger partial charge in [0.15, 0.2) is 11.6 Å². The molecule has 5 aromatic rings. The lowest BCUT2D eigenvalue weighted by atomic mass is 10.2. The summed E-state index contributed by atoms with van der Waals surface area (Å²) < 4.78 is 35.9. The zero-order chi connectivity index (χ0) is 25.2. The van der Waals surface area contributed by atoms with Gasteiger partial charge in [0.2, 0.25) is 11.7 Å². The molecule has 0 spiro atoms. The molecule has 0 saturated carbocycles. The Morgan fingerprint density at radius 1 is 0.944 bits per heavy atom. The predicted octanol–water partition coefficient (Wildman–Crippen LogP) is 5.37. The number of aromatic nitrogens is 3. The van der Waals surface area contributed by atoms with Crippen molar-refractivity contribution in [3.05, 3.63) is 120 Å². The second-order valence-corrected chi connectivity index (χ2v) is 7.71. The van der Waals surface area contributed by atoms with Crippen LogP contribution in [0.4, 0.5) is 14.5 Å². The molecule has 0 bridgehead atoms. The minimum atomic E-state index is -1.08. The summed E-state index contributed by atoms with van der Waals surface area (Å²) in [6.07, 6.45) is 4.31. The minimum absolute atomic E-state index is 0.246. The summed E-state index contributed by atoms with van der Waals surface area (Å²) in [7, 11) is 0. The first kappa shape index (κ1) is 22.7. The normalized spacial score (nSPS) is 10.8. The van der Waals surface area contributed by atoms with Crippen molar-refractivity contribution in [3.63, 3.8) is 0 Å². The van der Waals surface area contributed by atoms with Crippen LogP contribution in [0.1, 0.15) is 0 Å². The SMILES string of the molecule is C=CC(=O)Nc1cccc(-n2c(=O)n(-c3ccc(Oc4cccc(F)c4F)cc3)c3cnccc32)c1. The summed E-state index contributed by atoms with van der Waals surface area (Å²) in [6.45, 7) is 3.45. The number of carbonyl (C=O) groups is 1. The minimum Gasteiger partial charge on any atom is -0.454 e. The quantitative estimate of drug-likeness (QED) is 0.329. The fourth-order valence-electron chi connectivity index (χ4n) is 3.81.